The van der Waals surface area contributed by atoms with Crippen LogP contribution in [0.1, 0.15) is 18.4 Å². The number of phenolic OH excluding ortho intramolecular Hbond substituents is 1. The molecule has 0 unspecified atom stereocenters. The van der Waals surface area contributed by atoms with Crippen molar-refractivity contribution in [1.82, 2.24) is 5.43 Å². The number of nitrogens with one attached hydrogen (secondary N) is 1. The molecular formula is C12H12N2O2. The maximum Gasteiger partial charge on any atom is 0.240 e. The molecule has 1 aromatic rings. The molecule has 0 saturated heterocycles. The number of hydrazone groups is 1. The minimum absolute atomic E-state index is 0.0468. The SMILES string of the molecule is O=C1CCC(C=Cc2cccc(O)c2)=NN1. The van der Waals surface area contributed by atoms with Gasteiger partial charge in [-0.3, -0.25) is 4.79 Å². The number of rotatable bonds is 2. The van der Waals surface area contributed by atoms with Crippen molar-refractivity contribution in [2.24, 2.45) is 5.10 Å². The normalized spacial score (nSPS) is 16.0. The molecule has 16 heavy (non-hydrogen) atoms. The summed E-state index contributed by atoms with van der Waals surface area (Å²) >= 11 is 0. The quantitative estimate of drug-likeness (QED) is 0.790. The minimum Gasteiger partial charge on any atom is -0.508 e. The summed E-state index contributed by atoms with van der Waals surface area (Å²) in [6.45, 7) is 0. The first-order chi connectivity index (χ1) is 7.74. The van der Waals surface area contributed by atoms with Gasteiger partial charge >= 0.3 is 0 Å². The van der Waals surface area contributed by atoms with Crippen LogP contribution in [0.2, 0.25) is 0 Å². The van der Waals surface area contributed by atoms with E-state index in [0.29, 0.717) is 12.8 Å². The highest BCUT2D eigenvalue weighted by Gasteiger charge is 2.08. The Morgan fingerprint density at radius 2 is 2.19 bits per heavy atom. The Balaban J connectivity index is 2.07. The Morgan fingerprint density at radius 1 is 1.31 bits per heavy atom. The van der Waals surface area contributed by atoms with Crippen LogP contribution in [0.15, 0.2) is 35.4 Å². The summed E-state index contributed by atoms with van der Waals surface area (Å²) in [5, 5.41) is 13.2. The Bertz CT molecular complexity index is 464. The van der Waals surface area contributed by atoms with E-state index >= 15 is 0 Å². The summed E-state index contributed by atoms with van der Waals surface area (Å²) in [7, 11) is 0. The molecular weight excluding hydrogens is 204 g/mol. The van der Waals surface area contributed by atoms with E-state index in [0.717, 1.165) is 11.3 Å². The first kappa shape index (κ1) is 10.4. The van der Waals surface area contributed by atoms with Crippen LogP contribution in [0.3, 0.4) is 0 Å². The van der Waals surface area contributed by atoms with E-state index in [9.17, 15) is 9.90 Å². The number of carbonyl (C=O) groups is 1. The van der Waals surface area contributed by atoms with E-state index in [1.54, 1.807) is 18.2 Å². The smallest absolute Gasteiger partial charge is 0.240 e. The number of carbonyl (C=O) groups excluding carboxylic acids is 1. The number of nitrogens with zero attached hydrogens (tertiary/aromatic N) is 1. The van der Waals surface area contributed by atoms with Crippen LogP contribution in [0.5, 0.6) is 5.75 Å². The molecule has 4 nitrogen and oxygen atoms in total. The van der Waals surface area contributed by atoms with Crippen LogP contribution in [0.4, 0.5) is 0 Å². The standard InChI is InChI=1S/C12H12N2O2/c15-11-3-1-2-9(8-11)4-5-10-6-7-12(16)14-13-10/h1-5,8,15H,6-7H2,(H,14,16). The van der Waals surface area contributed by atoms with Crippen molar-refractivity contribution in [2.75, 3.05) is 0 Å². The third kappa shape index (κ3) is 2.70. The highest BCUT2D eigenvalue weighted by atomic mass is 16.3. The number of amides is 1. The van der Waals surface area contributed by atoms with Crippen molar-refractivity contribution in [3.05, 3.63) is 35.9 Å². The summed E-state index contributed by atoms with van der Waals surface area (Å²) in [5.41, 5.74) is 4.17. The van der Waals surface area contributed by atoms with Gasteiger partial charge in [-0.15, -0.1) is 0 Å². The zero-order valence-electron chi connectivity index (χ0n) is 8.68. The average Bonchev–Trinajstić information content (AvgIpc) is 2.28. The first-order valence-electron chi connectivity index (χ1n) is 5.06. The molecule has 2 N–H and O–H groups in total. The van der Waals surface area contributed by atoms with Crippen molar-refractivity contribution in [2.45, 2.75) is 12.8 Å². The molecule has 2 rings (SSSR count). The Kier molecular flexibility index (Phi) is 3.00. The third-order valence-corrected chi connectivity index (χ3v) is 2.27. The topological polar surface area (TPSA) is 61.7 Å². The van der Waals surface area contributed by atoms with Gasteiger partial charge in [0, 0.05) is 12.8 Å². The fourth-order valence-electron chi connectivity index (χ4n) is 1.43. The van der Waals surface area contributed by atoms with Crippen LogP contribution < -0.4 is 5.43 Å². The molecule has 0 bridgehead atoms. The summed E-state index contributed by atoms with van der Waals surface area (Å²) in [5.74, 6) is 0.190. The number of phenols is 1. The van der Waals surface area contributed by atoms with Crippen LogP contribution >= 0.6 is 0 Å². The fourth-order valence-corrected chi connectivity index (χ4v) is 1.43. The maximum atomic E-state index is 10.9. The van der Waals surface area contributed by atoms with Gasteiger partial charge in [-0.25, -0.2) is 5.43 Å². The molecule has 1 heterocycles. The average molecular weight is 216 g/mol. The van der Waals surface area contributed by atoms with Crippen molar-refractivity contribution in [3.63, 3.8) is 0 Å². The highest BCUT2D eigenvalue weighted by Crippen LogP contribution is 2.12. The monoisotopic (exact) mass is 216 g/mol. The molecule has 0 aliphatic carbocycles. The van der Waals surface area contributed by atoms with Crippen LogP contribution in [-0.4, -0.2) is 16.7 Å². The lowest BCUT2D eigenvalue weighted by atomic mass is 10.1. The van der Waals surface area contributed by atoms with Crippen LogP contribution in [0, 0.1) is 0 Å². The second-order valence-electron chi connectivity index (χ2n) is 3.57. The maximum absolute atomic E-state index is 10.9. The van der Waals surface area contributed by atoms with Gasteiger partial charge in [0.2, 0.25) is 5.91 Å². The first-order valence-corrected chi connectivity index (χ1v) is 5.06. The van der Waals surface area contributed by atoms with E-state index < -0.39 is 0 Å². The predicted molar refractivity (Wildman–Crippen MR) is 62.0 cm³/mol. The van der Waals surface area contributed by atoms with Gasteiger partial charge in [-0.1, -0.05) is 18.2 Å². The van der Waals surface area contributed by atoms with Gasteiger partial charge in [0.1, 0.15) is 5.75 Å². The minimum atomic E-state index is -0.0468. The molecule has 0 saturated carbocycles. The van der Waals surface area contributed by atoms with Crippen molar-refractivity contribution in [3.8, 4) is 5.75 Å². The number of hydrogen-bond donors (Lipinski definition) is 2. The molecule has 0 radical (unpaired) electrons. The van der Waals surface area contributed by atoms with Gasteiger partial charge in [0.15, 0.2) is 0 Å². The molecule has 0 atom stereocenters. The number of allylic oxidation sites excluding steroid dienone is 1. The molecule has 1 aliphatic heterocycles. The Hall–Kier alpha value is -2.10. The molecule has 0 spiro atoms. The van der Waals surface area contributed by atoms with Gasteiger partial charge in [-0.05, 0) is 23.8 Å². The van der Waals surface area contributed by atoms with Crippen LogP contribution in [-0.2, 0) is 4.79 Å². The number of aromatic hydroxyl groups is 1. The Labute approximate surface area is 93.3 Å². The molecule has 4 heteroatoms. The number of benzene rings is 1. The molecule has 82 valence electrons. The predicted octanol–water partition coefficient (Wildman–Crippen LogP) is 1.67. The van der Waals surface area contributed by atoms with E-state index in [2.05, 4.69) is 10.5 Å². The lowest BCUT2D eigenvalue weighted by molar-refractivity contribution is -0.121. The molecule has 0 fully saturated rings. The molecule has 1 aromatic carbocycles. The van der Waals surface area contributed by atoms with Crippen molar-refractivity contribution < 1.29 is 9.90 Å². The summed E-state index contributed by atoms with van der Waals surface area (Å²) in [6, 6.07) is 6.95. The fraction of sp³-hybridized carbons (Fsp3) is 0.167. The van der Waals surface area contributed by atoms with Gasteiger partial charge in [0.25, 0.3) is 0 Å². The second-order valence-corrected chi connectivity index (χ2v) is 3.57. The third-order valence-electron chi connectivity index (χ3n) is 2.27. The molecule has 1 aliphatic rings. The van der Waals surface area contributed by atoms with Crippen molar-refractivity contribution >= 4 is 17.7 Å². The van der Waals surface area contributed by atoms with Gasteiger partial charge < -0.3 is 5.11 Å². The van der Waals surface area contributed by atoms with Crippen LogP contribution in [0.25, 0.3) is 6.08 Å². The van der Waals surface area contributed by atoms with Gasteiger partial charge in [-0.2, -0.15) is 5.10 Å². The second kappa shape index (κ2) is 4.61. The van der Waals surface area contributed by atoms with E-state index in [1.165, 1.54) is 0 Å². The zero-order valence-corrected chi connectivity index (χ0v) is 8.68. The lowest BCUT2D eigenvalue weighted by Crippen LogP contribution is -2.24. The van der Waals surface area contributed by atoms with E-state index in [-0.39, 0.29) is 11.7 Å². The molecule has 0 aromatic heterocycles. The highest BCUT2D eigenvalue weighted by molar-refractivity contribution is 6.02. The summed E-state index contributed by atoms with van der Waals surface area (Å²) in [6.07, 6.45) is 4.83. The van der Waals surface area contributed by atoms with E-state index in [1.807, 2.05) is 18.2 Å². The van der Waals surface area contributed by atoms with E-state index in [4.69, 9.17) is 0 Å². The number of hydrogen-bond acceptors (Lipinski definition) is 3. The zero-order chi connectivity index (χ0) is 11.4. The summed E-state index contributed by atoms with van der Waals surface area (Å²) < 4.78 is 0. The van der Waals surface area contributed by atoms with Crippen molar-refractivity contribution in [1.29, 1.82) is 0 Å². The summed E-state index contributed by atoms with van der Waals surface area (Å²) in [4.78, 5) is 10.9. The molecule has 1 amide bonds. The van der Waals surface area contributed by atoms with Gasteiger partial charge in [0.05, 0.1) is 5.71 Å². The lowest BCUT2D eigenvalue weighted by Gasteiger charge is -2.07. The Morgan fingerprint density at radius 3 is 2.88 bits per heavy atom. The largest absolute Gasteiger partial charge is 0.508 e.